The summed E-state index contributed by atoms with van der Waals surface area (Å²) in [6.07, 6.45) is 1.57. The fraction of sp³-hybridized carbons (Fsp3) is 0.368. The van der Waals surface area contributed by atoms with Gasteiger partial charge in [0.25, 0.3) is 5.91 Å². The van der Waals surface area contributed by atoms with E-state index in [0.29, 0.717) is 30.0 Å². The van der Waals surface area contributed by atoms with Crippen LogP contribution < -0.4 is 5.32 Å². The van der Waals surface area contributed by atoms with E-state index in [1.165, 1.54) is 24.1 Å². The zero-order valence-corrected chi connectivity index (χ0v) is 15.6. The molecule has 0 radical (unpaired) electrons. The molecule has 2 aromatic rings. The van der Waals surface area contributed by atoms with Crippen molar-refractivity contribution in [3.8, 4) is 0 Å². The van der Waals surface area contributed by atoms with Crippen LogP contribution in [0.5, 0.6) is 0 Å². The number of nitrogens with one attached hydrogen (secondary N) is 1. The molecular formula is C19H23NO5S. The lowest BCUT2D eigenvalue weighted by Gasteiger charge is -2.15. The smallest absolute Gasteiger partial charge is 0.339 e. The number of carbonyl (C=O) groups is 2. The van der Waals surface area contributed by atoms with Crippen molar-refractivity contribution in [2.75, 3.05) is 6.54 Å². The second-order valence-corrected chi connectivity index (χ2v) is 7.26. The van der Waals surface area contributed by atoms with Crippen molar-refractivity contribution in [3.63, 3.8) is 0 Å². The number of carbonyl (C=O) groups excluding carboxylic acids is 1. The van der Waals surface area contributed by atoms with Gasteiger partial charge in [0.2, 0.25) is 0 Å². The Bertz CT molecular complexity index is 756. The average molecular weight is 377 g/mol. The molecule has 0 saturated heterocycles. The van der Waals surface area contributed by atoms with Gasteiger partial charge in [-0.05, 0) is 37.5 Å². The summed E-state index contributed by atoms with van der Waals surface area (Å²) in [6, 6.07) is 8.59. The number of aromatic carboxylic acids is 1. The Balaban J connectivity index is 2.01. The molecule has 2 unspecified atom stereocenters. The molecule has 7 heteroatoms. The van der Waals surface area contributed by atoms with Gasteiger partial charge in [0, 0.05) is 11.4 Å². The van der Waals surface area contributed by atoms with Crippen molar-refractivity contribution in [2.24, 2.45) is 5.92 Å². The van der Waals surface area contributed by atoms with Gasteiger partial charge in [-0.2, -0.15) is 0 Å². The van der Waals surface area contributed by atoms with Crippen LogP contribution in [0.2, 0.25) is 0 Å². The number of benzene rings is 1. The standard InChI is InChI=1S/C19H23NO5S/c1-12(9-13(2)21)10-20-18(22)15-5-3-4-6-17(15)26-11-16-14(19(23)24)7-8-25-16/h3-8,12-13,21H,9-11H2,1-2H3,(H,20,22)(H,23,24). The number of carboxylic acid groups (broad SMARTS) is 1. The molecule has 140 valence electrons. The first-order valence-electron chi connectivity index (χ1n) is 8.36. The molecule has 26 heavy (non-hydrogen) atoms. The largest absolute Gasteiger partial charge is 0.478 e. The molecule has 0 fully saturated rings. The predicted octanol–water partition coefficient (Wildman–Crippen LogP) is 3.41. The molecule has 1 aromatic carbocycles. The SMILES string of the molecule is CC(O)CC(C)CNC(=O)c1ccccc1SCc1occc1C(=O)O. The summed E-state index contributed by atoms with van der Waals surface area (Å²) < 4.78 is 5.24. The first kappa shape index (κ1) is 20.1. The number of aliphatic hydroxyl groups is 1. The van der Waals surface area contributed by atoms with E-state index in [9.17, 15) is 14.7 Å². The summed E-state index contributed by atoms with van der Waals surface area (Å²) in [5.74, 6) is -0.378. The molecular weight excluding hydrogens is 354 g/mol. The van der Waals surface area contributed by atoms with E-state index < -0.39 is 12.1 Å². The monoisotopic (exact) mass is 377 g/mol. The van der Waals surface area contributed by atoms with E-state index in [1.54, 1.807) is 19.1 Å². The number of carboxylic acids is 1. The molecule has 6 nitrogen and oxygen atoms in total. The van der Waals surface area contributed by atoms with Gasteiger partial charge in [-0.3, -0.25) is 4.79 Å². The maximum Gasteiger partial charge on any atom is 0.339 e. The highest BCUT2D eigenvalue weighted by molar-refractivity contribution is 7.98. The maximum absolute atomic E-state index is 12.5. The Morgan fingerprint density at radius 1 is 1.19 bits per heavy atom. The summed E-state index contributed by atoms with van der Waals surface area (Å²) in [5, 5.41) is 21.4. The molecule has 2 atom stereocenters. The zero-order valence-electron chi connectivity index (χ0n) is 14.8. The quantitative estimate of drug-likeness (QED) is 0.579. The molecule has 0 aliphatic carbocycles. The lowest BCUT2D eigenvalue weighted by Crippen LogP contribution is -2.29. The van der Waals surface area contributed by atoms with Gasteiger partial charge in [-0.1, -0.05) is 19.1 Å². The highest BCUT2D eigenvalue weighted by atomic mass is 32.2. The minimum absolute atomic E-state index is 0.131. The van der Waals surface area contributed by atoms with Crippen molar-refractivity contribution < 1.29 is 24.2 Å². The van der Waals surface area contributed by atoms with E-state index in [0.717, 1.165) is 4.90 Å². The van der Waals surface area contributed by atoms with Crippen LogP contribution in [0.25, 0.3) is 0 Å². The van der Waals surface area contributed by atoms with E-state index >= 15 is 0 Å². The summed E-state index contributed by atoms with van der Waals surface area (Å²) in [6.45, 7) is 4.17. The Hall–Kier alpha value is -2.25. The van der Waals surface area contributed by atoms with Crippen LogP contribution in [-0.2, 0) is 5.75 Å². The third-order valence-corrected chi connectivity index (χ3v) is 4.89. The van der Waals surface area contributed by atoms with Crippen LogP contribution in [-0.4, -0.2) is 34.7 Å². The molecule has 1 amide bonds. The number of rotatable bonds is 9. The fourth-order valence-corrected chi connectivity index (χ4v) is 3.60. The molecule has 1 heterocycles. The third-order valence-electron chi connectivity index (χ3n) is 3.82. The number of thioether (sulfide) groups is 1. The van der Waals surface area contributed by atoms with E-state index in [2.05, 4.69) is 5.32 Å². The summed E-state index contributed by atoms with van der Waals surface area (Å²) in [4.78, 5) is 24.4. The van der Waals surface area contributed by atoms with Crippen LogP contribution in [0.1, 0.15) is 46.7 Å². The summed E-state index contributed by atoms with van der Waals surface area (Å²) in [7, 11) is 0. The van der Waals surface area contributed by atoms with Gasteiger partial charge >= 0.3 is 5.97 Å². The minimum Gasteiger partial charge on any atom is -0.478 e. The van der Waals surface area contributed by atoms with Crippen LogP contribution in [0.4, 0.5) is 0 Å². The van der Waals surface area contributed by atoms with Crippen LogP contribution >= 0.6 is 11.8 Å². The van der Waals surface area contributed by atoms with E-state index in [4.69, 9.17) is 9.52 Å². The highest BCUT2D eigenvalue weighted by Crippen LogP contribution is 2.28. The Morgan fingerprint density at radius 3 is 2.62 bits per heavy atom. The van der Waals surface area contributed by atoms with Gasteiger partial charge in [-0.15, -0.1) is 11.8 Å². The van der Waals surface area contributed by atoms with Crippen molar-refractivity contribution in [2.45, 2.75) is 37.0 Å². The highest BCUT2D eigenvalue weighted by Gasteiger charge is 2.16. The number of aliphatic hydroxyl groups excluding tert-OH is 1. The van der Waals surface area contributed by atoms with E-state index in [1.807, 2.05) is 19.1 Å². The number of amides is 1. The average Bonchev–Trinajstić information content (AvgIpc) is 3.06. The Labute approximate surface area is 156 Å². The molecule has 0 bridgehead atoms. The Kier molecular flexibility index (Phi) is 7.29. The first-order chi connectivity index (χ1) is 12.4. The van der Waals surface area contributed by atoms with Crippen molar-refractivity contribution >= 4 is 23.6 Å². The number of hydrogen-bond donors (Lipinski definition) is 3. The van der Waals surface area contributed by atoms with Crippen LogP contribution in [0, 0.1) is 5.92 Å². The molecule has 0 spiro atoms. The van der Waals surface area contributed by atoms with Crippen LogP contribution in [0.15, 0.2) is 45.9 Å². The summed E-state index contributed by atoms with van der Waals surface area (Å²) in [5.41, 5.74) is 0.663. The van der Waals surface area contributed by atoms with Crippen molar-refractivity contribution in [1.29, 1.82) is 0 Å². The molecule has 0 aliphatic heterocycles. The molecule has 1 aromatic heterocycles. The van der Waals surface area contributed by atoms with Gasteiger partial charge < -0.3 is 19.9 Å². The molecule has 0 aliphatic rings. The minimum atomic E-state index is -1.03. The third kappa shape index (κ3) is 5.64. The summed E-state index contributed by atoms with van der Waals surface area (Å²) >= 11 is 1.35. The van der Waals surface area contributed by atoms with Gasteiger partial charge in [0.05, 0.1) is 23.7 Å². The van der Waals surface area contributed by atoms with Crippen LogP contribution in [0.3, 0.4) is 0 Å². The zero-order chi connectivity index (χ0) is 19.1. The molecule has 2 rings (SSSR count). The second-order valence-electron chi connectivity index (χ2n) is 6.25. The lowest BCUT2D eigenvalue weighted by atomic mass is 10.0. The topological polar surface area (TPSA) is 99.8 Å². The van der Waals surface area contributed by atoms with E-state index in [-0.39, 0.29) is 17.4 Å². The van der Waals surface area contributed by atoms with Crippen molar-refractivity contribution in [1.82, 2.24) is 5.32 Å². The molecule has 0 saturated carbocycles. The maximum atomic E-state index is 12.5. The van der Waals surface area contributed by atoms with Crippen molar-refractivity contribution in [3.05, 3.63) is 53.5 Å². The van der Waals surface area contributed by atoms with Gasteiger partial charge in [0.1, 0.15) is 11.3 Å². The fourth-order valence-electron chi connectivity index (χ4n) is 2.59. The second kappa shape index (κ2) is 9.45. The Morgan fingerprint density at radius 2 is 1.92 bits per heavy atom. The normalized spacial score (nSPS) is 13.2. The molecule has 3 N–H and O–H groups in total. The first-order valence-corrected chi connectivity index (χ1v) is 9.34. The number of furan rings is 1. The number of hydrogen-bond acceptors (Lipinski definition) is 5. The lowest BCUT2D eigenvalue weighted by molar-refractivity contribution is 0.0694. The van der Waals surface area contributed by atoms with Gasteiger partial charge in [0.15, 0.2) is 0 Å². The van der Waals surface area contributed by atoms with Gasteiger partial charge in [-0.25, -0.2) is 4.79 Å². The predicted molar refractivity (Wildman–Crippen MR) is 99.5 cm³/mol.